The second kappa shape index (κ2) is 11.1. The second-order valence-electron chi connectivity index (χ2n) is 7.49. The summed E-state index contributed by atoms with van der Waals surface area (Å²) in [5, 5.41) is 11.7. The maximum Gasteiger partial charge on any atom is 0.335 e. The van der Waals surface area contributed by atoms with Crippen LogP contribution in [0.25, 0.3) is 6.08 Å². The molecule has 6 nitrogen and oxygen atoms in total. The van der Waals surface area contributed by atoms with Crippen LogP contribution in [-0.2, 0) is 9.59 Å². The number of thiocarbonyl (C=S) groups is 1. The van der Waals surface area contributed by atoms with Gasteiger partial charge in [0.2, 0.25) is 5.91 Å². The molecule has 1 heterocycles. The molecule has 1 aliphatic heterocycles. The molecule has 0 unspecified atom stereocenters. The maximum atomic E-state index is 12.7. The first-order valence-corrected chi connectivity index (χ1v) is 11.5. The number of anilines is 1. The Bertz CT molecular complexity index is 1060. The number of benzene rings is 2. The minimum atomic E-state index is -1.04. The molecule has 32 heavy (non-hydrogen) atoms. The van der Waals surface area contributed by atoms with Crippen LogP contribution in [0.1, 0.15) is 47.2 Å². The van der Waals surface area contributed by atoms with Crippen molar-refractivity contribution in [3.05, 3.63) is 70.1 Å². The molecule has 0 aliphatic carbocycles. The normalized spacial score (nSPS) is 14.8. The highest BCUT2D eigenvalue weighted by Crippen LogP contribution is 2.32. The van der Waals surface area contributed by atoms with Gasteiger partial charge in [-0.2, -0.15) is 0 Å². The summed E-state index contributed by atoms with van der Waals surface area (Å²) in [6.45, 7) is 2.54. The van der Waals surface area contributed by atoms with Crippen LogP contribution in [0, 0.1) is 6.92 Å². The molecule has 2 N–H and O–H groups in total. The summed E-state index contributed by atoms with van der Waals surface area (Å²) in [6.07, 6.45) is 4.37. The molecule has 0 spiro atoms. The highest BCUT2D eigenvalue weighted by molar-refractivity contribution is 8.26. The van der Waals surface area contributed by atoms with Gasteiger partial charge in [-0.15, -0.1) is 0 Å². The third-order valence-electron chi connectivity index (χ3n) is 4.93. The first-order chi connectivity index (χ1) is 15.3. The first kappa shape index (κ1) is 23.7. The fraction of sp³-hybridized carbons (Fsp3) is 0.250. The molecule has 2 aromatic rings. The van der Waals surface area contributed by atoms with E-state index in [1.54, 1.807) is 17.0 Å². The van der Waals surface area contributed by atoms with E-state index in [0.29, 0.717) is 34.3 Å². The molecule has 1 aliphatic rings. The van der Waals surface area contributed by atoms with Gasteiger partial charge in [-0.25, -0.2) is 4.79 Å². The van der Waals surface area contributed by atoms with Gasteiger partial charge < -0.3 is 10.4 Å². The van der Waals surface area contributed by atoms with Crippen LogP contribution in [-0.4, -0.2) is 38.7 Å². The molecular weight excluding hydrogens is 444 g/mol. The van der Waals surface area contributed by atoms with E-state index >= 15 is 0 Å². The number of carboxylic acid groups (broad SMARTS) is 1. The quantitative estimate of drug-likeness (QED) is 0.303. The fourth-order valence-corrected chi connectivity index (χ4v) is 4.50. The van der Waals surface area contributed by atoms with Gasteiger partial charge in [-0.3, -0.25) is 14.5 Å². The molecule has 1 saturated heterocycles. The van der Waals surface area contributed by atoms with Crippen LogP contribution in [0.15, 0.2) is 53.4 Å². The Labute approximate surface area is 196 Å². The number of unbranched alkanes of at least 4 members (excludes halogenated alkanes) is 2. The van der Waals surface area contributed by atoms with Gasteiger partial charge in [0.1, 0.15) is 4.32 Å². The lowest BCUT2D eigenvalue weighted by Gasteiger charge is -2.14. The smallest absolute Gasteiger partial charge is 0.335 e. The monoisotopic (exact) mass is 468 g/mol. The zero-order valence-electron chi connectivity index (χ0n) is 17.7. The molecule has 0 aromatic heterocycles. The molecular formula is C24H24N2O4S2. The Morgan fingerprint density at radius 3 is 2.59 bits per heavy atom. The molecule has 0 radical (unpaired) electrons. The Kier molecular flexibility index (Phi) is 8.19. The van der Waals surface area contributed by atoms with E-state index in [2.05, 4.69) is 5.32 Å². The Morgan fingerprint density at radius 2 is 1.88 bits per heavy atom. The molecule has 2 aromatic carbocycles. The van der Waals surface area contributed by atoms with Gasteiger partial charge in [0.05, 0.1) is 10.5 Å². The number of aryl methyl sites for hydroxylation is 1. The molecule has 0 atom stereocenters. The SMILES string of the molecule is Cc1ccc(C=C2SC(=S)N(CCCCCC(=O)Nc3cccc(C(=O)O)c3)C2=O)cc1. The molecule has 1 fully saturated rings. The number of nitrogens with zero attached hydrogens (tertiary/aromatic N) is 1. The Balaban J connectivity index is 1.41. The summed E-state index contributed by atoms with van der Waals surface area (Å²) >= 11 is 6.69. The average molecular weight is 469 g/mol. The van der Waals surface area contributed by atoms with Crippen molar-refractivity contribution in [2.45, 2.75) is 32.6 Å². The van der Waals surface area contributed by atoms with Crippen LogP contribution < -0.4 is 5.32 Å². The zero-order chi connectivity index (χ0) is 23.1. The summed E-state index contributed by atoms with van der Waals surface area (Å²) in [5.41, 5.74) is 2.73. The number of rotatable bonds is 9. The minimum Gasteiger partial charge on any atom is -0.478 e. The van der Waals surface area contributed by atoms with E-state index in [1.165, 1.54) is 23.9 Å². The van der Waals surface area contributed by atoms with E-state index in [9.17, 15) is 14.4 Å². The minimum absolute atomic E-state index is 0.0726. The largest absolute Gasteiger partial charge is 0.478 e. The number of hydrogen-bond donors (Lipinski definition) is 2. The summed E-state index contributed by atoms with van der Waals surface area (Å²) in [5.74, 6) is -1.28. The molecule has 0 bridgehead atoms. The van der Waals surface area contributed by atoms with Crippen molar-refractivity contribution in [1.82, 2.24) is 4.90 Å². The number of hydrogen-bond acceptors (Lipinski definition) is 5. The third-order valence-corrected chi connectivity index (χ3v) is 6.31. The highest BCUT2D eigenvalue weighted by atomic mass is 32.2. The van der Waals surface area contributed by atoms with Gasteiger partial charge in [-0.05, 0) is 49.6 Å². The lowest BCUT2D eigenvalue weighted by molar-refractivity contribution is -0.122. The summed E-state index contributed by atoms with van der Waals surface area (Å²) in [4.78, 5) is 38.0. The molecule has 166 valence electrons. The molecule has 0 saturated carbocycles. The van der Waals surface area contributed by atoms with E-state index < -0.39 is 5.97 Å². The number of nitrogens with one attached hydrogen (secondary N) is 1. The van der Waals surface area contributed by atoms with Crippen LogP contribution >= 0.6 is 24.0 Å². The van der Waals surface area contributed by atoms with Crippen LogP contribution in [0.4, 0.5) is 5.69 Å². The van der Waals surface area contributed by atoms with Crippen molar-refractivity contribution in [2.75, 3.05) is 11.9 Å². The standard InChI is InChI=1S/C24H24N2O4S2/c1-16-9-11-17(12-10-16)14-20-22(28)26(24(31)32-20)13-4-2-3-8-21(27)25-19-7-5-6-18(15-19)23(29)30/h5-7,9-12,14-15H,2-4,8,13H2,1H3,(H,25,27)(H,29,30). The van der Waals surface area contributed by atoms with Crippen molar-refractivity contribution < 1.29 is 19.5 Å². The highest BCUT2D eigenvalue weighted by Gasteiger charge is 2.31. The van der Waals surface area contributed by atoms with Gasteiger partial charge in [0.25, 0.3) is 5.91 Å². The number of aromatic carboxylic acids is 1. The van der Waals surface area contributed by atoms with Crippen LogP contribution in [0.3, 0.4) is 0 Å². The fourth-order valence-electron chi connectivity index (χ4n) is 3.19. The zero-order valence-corrected chi connectivity index (χ0v) is 19.3. The van der Waals surface area contributed by atoms with Gasteiger partial charge >= 0.3 is 5.97 Å². The number of amides is 2. The van der Waals surface area contributed by atoms with E-state index in [4.69, 9.17) is 17.3 Å². The van der Waals surface area contributed by atoms with Crippen LogP contribution in [0.5, 0.6) is 0 Å². The predicted octanol–water partition coefficient (Wildman–Crippen LogP) is 5.09. The predicted molar refractivity (Wildman–Crippen MR) is 132 cm³/mol. The topological polar surface area (TPSA) is 86.7 Å². The summed E-state index contributed by atoms with van der Waals surface area (Å²) < 4.78 is 0.560. The molecule has 2 amide bonds. The van der Waals surface area contributed by atoms with Crippen molar-refractivity contribution in [3.63, 3.8) is 0 Å². The maximum absolute atomic E-state index is 12.7. The van der Waals surface area contributed by atoms with E-state index in [-0.39, 0.29) is 17.4 Å². The average Bonchev–Trinajstić information content (AvgIpc) is 3.02. The van der Waals surface area contributed by atoms with Crippen molar-refractivity contribution in [1.29, 1.82) is 0 Å². The Morgan fingerprint density at radius 1 is 1.12 bits per heavy atom. The number of carbonyl (C=O) groups is 3. The Hall–Kier alpha value is -2.97. The van der Waals surface area contributed by atoms with Gasteiger partial charge in [0, 0.05) is 18.7 Å². The molecule has 8 heteroatoms. The van der Waals surface area contributed by atoms with Crippen molar-refractivity contribution in [3.8, 4) is 0 Å². The summed E-state index contributed by atoms with van der Waals surface area (Å²) in [6, 6.07) is 14.1. The third kappa shape index (κ3) is 6.51. The summed E-state index contributed by atoms with van der Waals surface area (Å²) in [7, 11) is 0. The second-order valence-corrected chi connectivity index (χ2v) is 9.16. The lowest BCUT2D eigenvalue weighted by atomic mass is 10.1. The molecule has 3 rings (SSSR count). The number of thioether (sulfide) groups is 1. The van der Waals surface area contributed by atoms with Gasteiger partial charge in [0.15, 0.2) is 0 Å². The van der Waals surface area contributed by atoms with E-state index in [1.807, 2.05) is 37.3 Å². The van der Waals surface area contributed by atoms with Crippen molar-refractivity contribution in [2.24, 2.45) is 0 Å². The lowest BCUT2D eigenvalue weighted by Crippen LogP contribution is -2.29. The van der Waals surface area contributed by atoms with Crippen molar-refractivity contribution >= 4 is 57.8 Å². The number of carbonyl (C=O) groups excluding carboxylic acids is 2. The van der Waals surface area contributed by atoms with E-state index in [0.717, 1.165) is 24.0 Å². The first-order valence-electron chi connectivity index (χ1n) is 10.3. The van der Waals surface area contributed by atoms with Crippen LogP contribution in [0.2, 0.25) is 0 Å². The number of carboxylic acids is 1. The van der Waals surface area contributed by atoms with Gasteiger partial charge in [-0.1, -0.05) is 66.3 Å².